The first-order chi connectivity index (χ1) is 27.3. The second-order valence-electron chi connectivity index (χ2n) is 14.5. The summed E-state index contributed by atoms with van der Waals surface area (Å²) >= 11 is 0. The zero-order chi connectivity index (χ0) is 36.3. The molecule has 2 heteroatoms. The summed E-state index contributed by atoms with van der Waals surface area (Å²) in [4.78, 5) is 10.6. The van der Waals surface area contributed by atoms with E-state index in [4.69, 9.17) is 9.97 Å². The third kappa shape index (κ3) is 4.82. The Morgan fingerprint density at radius 3 is 1.35 bits per heavy atom. The third-order valence-corrected chi connectivity index (χ3v) is 11.5. The lowest BCUT2D eigenvalue weighted by atomic mass is 9.70. The van der Waals surface area contributed by atoms with Crippen LogP contribution >= 0.6 is 0 Å². The minimum Gasteiger partial charge on any atom is -0.228 e. The molecule has 0 saturated carbocycles. The maximum Gasteiger partial charge on any atom is 0.160 e. The van der Waals surface area contributed by atoms with Crippen LogP contribution in [0.2, 0.25) is 0 Å². The lowest BCUT2D eigenvalue weighted by Crippen LogP contribution is -2.25. The van der Waals surface area contributed by atoms with Crippen LogP contribution in [0.1, 0.15) is 22.3 Å². The number of benzene rings is 8. The predicted molar refractivity (Wildman–Crippen MR) is 226 cm³/mol. The normalized spacial score (nSPS) is 12.9. The van der Waals surface area contributed by atoms with Crippen molar-refractivity contribution in [1.29, 1.82) is 0 Å². The number of hydrogen-bond acceptors (Lipinski definition) is 2. The molecule has 256 valence electrons. The van der Waals surface area contributed by atoms with Crippen molar-refractivity contribution in [2.24, 2.45) is 0 Å². The Morgan fingerprint density at radius 2 is 0.691 bits per heavy atom. The fourth-order valence-electron chi connectivity index (χ4n) is 9.17. The molecule has 8 aromatic carbocycles. The average molecular weight is 699 g/mol. The van der Waals surface area contributed by atoms with Crippen molar-refractivity contribution in [3.05, 3.63) is 229 Å². The Morgan fingerprint density at radius 1 is 0.273 bits per heavy atom. The Hall–Kier alpha value is -7.16. The van der Waals surface area contributed by atoms with Crippen LogP contribution in [0.3, 0.4) is 0 Å². The van der Waals surface area contributed by atoms with Crippen molar-refractivity contribution in [1.82, 2.24) is 9.97 Å². The molecule has 2 nitrogen and oxygen atoms in total. The van der Waals surface area contributed by atoms with E-state index >= 15 is 0 Å². The first kappa shape index (κ1) is 31.4. The van der Waals surface area contributed by atoms with Crippen LogP contribution in [0.5, 0.6) is 0 Å². The van der Waals surface area contributed by atoms with E-state index in [1.807, 2.05) is 6.07 Å². The second kappa shape index (κ2) is 12.5. The average Bonchev–Trinajstić information content (AvgIpc) is 3.75. The summed E-state index contributed by atoms with van der Waals surface area (Å²) in [5, 5.41) is 0. The lowest BCUT2D eigenvalue weighted by molar-refractivity contribution is 0.794. The summed E-state index contributed by atoms with van der Waals surface area (Å²) in [6.07, 6.45) is 0. The van der Waals surface area contributed by atoms with Crippen molar-refractivity contribution >= 4 is 0 Å². The van der Waals surface area contributed by atoms with Gasteiger partial charge in [-0.15, -0.1) is 0 Å². The number of aromatic nitrogens is 2. The van der Waals surface area contributed by atoms with Gasteiger partial charge in [0.2, 0.25) is 0 Å². The van der Waals surface area contributed by atoms with Crippen molar-refractivity contribution in [3.8, 4) is 78.4 Å². The molecule has 0 amide bonds. The highest BCUT2D eigenvalue weighted by Crippen LogP contribution is 2.63. The molecule has 0 saturated heterocycles. The van der Waals surface area contributed by atoms with E-state index in [-0.39, 0.29) is 0 Å². The highest BCUT2D eigenvalue weighted by atomic mass is 14.9. The Labute approximate surface area is 321 Å². The molecule has 1 heterocycles. The molecular formula is C53H34N2. The lowest BCUT2D eigenvalue weighted by Gasteiger charge is -2.30. The highest BCUT2D eigenvalue weighted by Gasteiger charge is 2.52. The van der Waals surface area contributed by atoms with Crippen molar-refractivity contribution in [2.45, 2.75) is 5.41 Å². The summed E-state index contributed by atoms with van der Waals surface area (Å²) < 4.78 is 0. The van der Waals surface area contributed by atoms with Crippen LogP contribution in [0.25, 0.3) is 78.4 Å². The fraction of sp³-hybridized carbons (Fsp3) is 0.0189. The van der Waals surface area contributed by atoms with Gasteiger partial charge in [-0.05, 0) is 85.0 Å². The summed E-state index contributed by atoms with van der Waals surface area (Å²) in [5.41, 5.74) is 19.6. The molecule has 0 atom stereocenters. The molecule has 1 spiro atoms. The van der Waals surface area contributed by atoms with Gasteiger partial charge in [0.15, 0.2) is 5.82 Å². The summed E-state index contributed by atoms with van der Waals surface area (Å²) in [5.74, 6) is 0.708. The van der Waals surface area contributed by atoms with Crippen LogP contribution in [0, 0.1) is 0 Å². The maximum absolute atomic E-state index is 5.37. The fourth-order valence-corrected chi connectivity index (χ4v) is 9.17. The maximum atomic E-state index is 5.37. The zero-order valence-corrected chi connectivity index (χ0v) is 30.0. The molecule has 0 unspecified atom stereocenters. The van der Waals surface area contributed by atoms with Gasteiger partial charge in [-0.2, -0.15) is 0 Å². The van der Waals surface area contributed by atoms with Gasteiger partial charge in [-0.3, -0.25) is 0 Å². The molecular weight excluding hydrogens is 665 g/mol. The number of nitrogens with zero attached hydrogens (tertiary/aromatic N) is 2. The molecule has 0 fully saturated rings. The van der Waals surface area contributed by atoms with Gasteiger partial charge in [-0.25, -0.2) is 9.97 Å². The topological polar surface area (TPSA) is 25.8 Å². The van der Waals surface area contributed by atoms with Gasteiger partial charge in [-0.1, -0.05) is 188 Å². The first-order valence-electron chi connectivity index (χ1n) is 18.9. The first-order valence-corrected chi connectivity index (χ1v) is 18.9. The Balaban J connectivity index is 1.12. The summed E-state index contributed by atoms with van der Waals surface area (Å²) in [7, 11) is 0. The second-order valence-corrected chi connectivity index (χ2v) is 14.5. The molecule has 11 rings (SSSR count). The van der Waals surface area contributed by atoms with Crippen LogP contribution in [0.4, 0.5) is 0 Å². The quantitative estimate of drug-likeness (QED) is 0.179. The van der Waals surface area contributed by atoms with E-state index in [1.165, 1.54) is 61.2 Å². The van der Waals surface area contributed by atoms with Gasteiger partial charge in [0.25, 0.3) is 0 Å². The highest BCUT2D eigenvalue weighted by molar-refractivity contribution is 5.99. The van der Waals surface area contributed by atoms with E-state index in [0.29, 0.717) is 5.82 Å². The molecule has 0 radical (unpaired) electrons. The standard InChI is InChI=1S/C53H34N2/c1-3-16-35(17-4-1)37-20-13-21-38(32-37)39-22-14-23-40(33-39)49-34-50(55-52(54-49)36-18-5-2-6-19-36)44-27-15-31-48-51(44)43-26-9-12-30-47(43)53(48)45-28-10-7-24-41(45)42-25-8-11-29-46(42)53/h1-34H. The minimum atomic E-state index is -0.421. The van der Waals surface area contributed by atoms with Gasteiger partial charge in [0, 0.05) is 16.7 Å². The number of hydrogen-bond donors (Lipinski definition) is 0. The van der Waals surface area contributed by atoms with Crippen LogP contribution in [-0.2, 0) is 5.41 Å². The molecule has 55 heavy (non-hydrogen) atoms. The van der Waals surface area contributed by atoms with Crippen molar-refractivity contribution in [3.63, 3.8) is 0 Å². The van der Waals surface area contributed by atoms with Gasteiger partial charge < -0.3 is 0 Å². The van der Waals surface area contributed by atoms with Gasteiger partial charge >= 0.3 is 0 Å². The van der Waals surface area contributed by atoms with Crippen molar-refractivity contribution < 1.29 is 0 Å². The van der Waals surface area contributed by atoms with E-state index in [1.54, 1.807) is 0 Å². The predicted octanol–water partition coefficient (Wildman–Crippen LogP) is 13.2. The van der Waals surface area contributed by atoms with E-state index in [2.05, 4.69) is 200 Å². The molecule has 0 bridgehead atoms. The van der Waals surface area contributed by atoms with Gasteiger partial charge in [0.1, 0.15) is 0 Å². The van der Waals surface area contributed by atoms with Crippen molar-refractivity contribution in [2.75, 3.05) is 0 Å². The largest absolute Gasteiger partial charge is 0.228 e. The molecule has 2 aliphatic rings. The van der Waals surface area contributed by atoms with E-state index < -0.39 is 5.41 Å². The van der Waals surface area contributed by atoms with E-state index in [0.717, 1.165) is 33.6 Å². The monoisotopic (exact) mass is 698 g/mol. The Bertz CT molecular complexity index is 2880. The van der Waals surface area contributed by atoms with Gasteiger partial charge in [0.05, 0.1) is 16.8 Å². The number of rotatable bonds is 5. The Kier molecular flexibility index (Phi) is 7.11. The molecule has 9 aromatic rings. The zero-order valence-electron chi connectivity index (χ0n) is 30.0. The summed E-state index contributed by atoms with van der Waals surface area (Å²) in [6, 6.07) is 74.3. The molecule has 2 aliphatic carbocycles. The molecule has 1 aromatic heterocycles. The van der Waals surface area contributed by atoms with Crippen LogP contribution in [-0.4, -0.2) is 9.97 Å². The van der Waals surface area contributed by atoms with E-state index in [9.17, 15) is 0 Å². The third-order valence-electron chi connectivity index (χ3n) is 11.5. The molecule has 0 aliphatic heterocycles. The molecule has 0 N–H and O–H groups in total. The van der Waals surface area contributed by atoms with Crippen LogP contribution < -0.4 is 0 Å². The SMILES string of the molecule is c1ccc(-c2cccc(-c3cccc(-c4cc(-c5cccc6c5-c5ccccc5C65c6ccccc6-c6ccccc65)nc(-c5ccccc5)n4)c3)c2)cc1. The van der Waals surface area contributed by atoms with Crippen LogP contribution in [0.15, 0.2) is 206 Å². The summed E-state index contributed by atoms with van der Waals surface area (Å²) in [6.45, 7) is 0. The smallest absolute Gasteiger partial charge is 0.160 e. The number of fused-ring (bicyclic) bond motifs is 10. The minimum absolute atomic E-state index is 0.421.